The minimum absolute atomic E-state index is 0.259. The second kappa shape index (κ2) is 14.7. The van der Waals surface area contributed by atoms with Crippen molar-refractivity contribution in [1.82, 2.24) is 0 Å². The number of rotatable bonds is 16. The Hall–Kier alpha value is -2.30. The highest BCUT2D eigenvalue weighted by molar-refractivity contribution is 5.79. The summed E-state index contributed by atoms with van der Waals surface area (Å²) in [6, 6.07) is -2.73. The molecular weight excluding hydrogens is 368 g/mol. The molecule has 0 saturated carbocycles. The molecule has 0 spiro atoms. The van der Waals surface area contributed by atoms with E-state index in [9.17, 15) is 14.4 Å². The van der Waals surface area contributed by atoms with Gasteiger partial charge in [0.15, 0.2) is 0 Å². The molecule has 28 heavy (non-hydrogen) atoms. The van der Waals surface area contributed by atoms with Gasteiger partial charge in [-0.15, -0.1) is 0 Å². The Kier molecular flexibility index (Phi) is 13.5. The maximum absolute atomic E-state index is 10.8. The van der Waals surface area contributed by atoms with E-state index in [1.165, 1.54) is 0 Å². The summed E-state index contributed by atoms with van der Waals surface area (Å²) in [4.78, 5) is 36.5. The minimum atomic E-state index is -1.07. The molecule has 0 aliphatic carbocycles. The number of aliphatic carboxylic acids is 3. The number of aliphatic imine (C=N–C) groups is 1. The van der Waals surface area contributed by atoms with Gasteiger partial charge in [0, 0.05) is 12.8 Å². The van der Waals surface area contributed by atoms with Crippen LogP contribution in [0.1, 0.15) is 51.4 Å². The lowest BCUT2D eigenvalue weighted by atomic mass is 10.0. The van der Waals surface area contributed by atoms with Crippen LogP contribution in [0.4, 0.5) is 0 Å². The van der Waals surface area contributed by atoms with Crippen LogP contribution in [0.25, 0.3) is 0 Å². The zero-order chi connectivity index (χ0) is 21.5. The second-order valence-corrected chi connectivity index (χ2v) is 6.61. The van der Waals surface area contributed by atoms with Gasteiger partial charge in [-0.25, -0.2) is 0 Å². The number of hydrogen-bond donors (Lipinski definition) is 6. The van der Waals surface area contributed by atoms with E-state index in [1.54, 1.807) is 6.21 Å². The van der Waals surface area contributed by atoms with Crippen molar-refractivity contribution in [1.29, 1.82) is 0 Å². The molecule has 10 nitrogen and oxygen atoms in total. The molecule has 0 rings (SSSR count). The largest absolute Gasteiger partial charge is 0.480 e. The number of carboxylic acid groups (broad SMARTS) is 3. The lowest BCUT2D eigenvalue weighted by molar-refractivity contribution is -0.139. The van der Waals surface area contributed by atoms with Gasteiger partial charge in [0.05, 0.1) is 0 Å². The van der Waals surface area contributed by atoms with Crippen LogP contribution in [0.15, 0.2) is 16.6 Å². The predicted molar refractivity (Wildman–Crippen MR) is 105 cm³/mol. The third kappa shape index (κ3) is 13.0. The predicted octanol–water partition coefficient (Wildman–Crippen LogP) is 0.340. The Bertz CT molecular complexity index is 564. The molecular formula is C18H32N4O6. The van der Waals surface area contributed by atoms with Crippen LogP contribution in [0.5, 0.6) is 0 Å². The summed E-state index contributed by atoms with van der Waals surface area (Å²) in [6.45, 7) is 0.499. The number of carboxylic acids is 3. The number of nitrogens with zero attached hydrogens (tertiary/aromatic N) is 1. The minimum Gasteiger partial charge on any atom is -0.480 e. The molecule has 0 aromatic carbocycles. The number of nitrogens with two attached hydrogens (primary N) is 3. The summed E-state index contributed by atoms with van der Waals surface area (Å²) in [7, 11) is 0. The second-order valence-electron chi connectivity index (χ2n) is 6.61. The average molecular weight is 400 g/mol. The van der Waals surface area contributed by atoms with Crippen molar-refractivity contribution in [2.75, 3.05) is 6.54 Å². The topological polar surface area (TPSA) is 202 Å². The summed E-state index contributed by atoms with van der Waals surface area (Å²) < 4.78 is 0. The molecule has 0 aliphatic rings. The van der Waals surface area contributed by atoms with Crippen molar-refractivity contribution in [3.63, 3.8) is 0 Å². The van der Waals surface area contributed by atoms with Crippen molar-refractivity contribution in [3.05, 3.63) is 11.6 Å². The average Bonchev–Trinajstić information content (AvgIpc) is 2.63. The first kappa shape index (κ1) is 25.7. The summed E-state index contributed by atoms with van der Waals surface area (Å²) >= 11 is 0. The molecule has 0 aromatic heterocycles. The van der Waals surface area contributed by atoms with E-state index in [0.717, 1.165) is 5.57 Å². The quantitative estimate of drug-likeness (QED) is 0.156. The lowest BCUT2D eigenvalue weighted by Gasteiger charge is -2.08. The molecule has 0 amide bonds. The molecule has 0 aliphatic heterocycles. The van der Waals surface area contributed by atoms with Crippen LogP contribution in [0.2, 0.25) is 0 Å². The molecule has 160 valence electrons. The highest BCUT2D eigenvalue weighted by atomic mass is 16.4. The summed E-state index contributed by atoms with van der Waals surface area (Å²) in [5, 5.41) is 26.4. The maximum atomic E-state index is 10.8. The van der Waals surface area contributed by atoms with Gasteiger partial charge < -0.3 is 32.5 Å². The standard InChI is InChI=1S/C18H32N4O6/c19-13(16(23)24)6-2-1-5-12(8-9-15(21)18(27)28)11-22-10-4-3-7-14(20)17(25)26/h5,11,13-15H,1-4,6-10,19-21H2,(H,23,24)(H,25,26)(H,27,28)/b12-5-,22-11?/t13-,14-,15-/m0/s1. The van der Waals surface area contributed by atoms with Gasteiger partial charge in [-0.1, -0.05) is 6.08 Å². The molecule has 0 radical (unpaired) electrons. The highest BCUT2D eigenvalue weighted by Crippen LogP contribution is 2.10. The Labute approximate surface area is 164 Å². The fourth-order valence-corrected chi connectivity index (χ4v) is 2.29. The van der Waals surface area contributed by atoms with Gasteiger partial charge in [0.2, 0.25) is 0 Å². The third-order valence-corrected chi connectivity index (χ3v) is 4.13. The highest BCUT2D eigenvalue weighted by Gasteiger charge is 2.12. The van der Waals surface area contributed by atoms with Crippen LogP contribution < -0.4 is 17.2 Å². The van der Waals surface area contributed by atoms with Crippen LogP contribution >= 0.6 is 0 Å². The van der Waals surface area contributed by atoms with Crippen LogP contribution in [-0.2, 0) is 14.4 Å². The van der Waals surface area contributed by atoms with E-state index in [0.29, 0.717) is 51.5 Å². The monoisotopic (exact) mass is 400 g/mol. The van der Waals surface area contributed by atoms with Crippen LogP contribution in [-0.4, -0.2) is 64.1 Å². The smallest absolute Gasteiger partial charge is 0.320 e. The molecule has 0 fully saturated rings. The first-order chi connectivity index (χ1) is 13.1. The Morgan fingerprint density at radius 3 is 1.82 bits per heavy atom. The van der Waals surface area contributed by atoms with Crippen LogP contribution in [0, 0.1) is 0 Å². The van der Waals surface area contributed by atoms with E-state index in [1.807, 2.05) is 6.08 Å². The van der Waals surface area contributed by atoms with Crippen molar-refractivity contribution in [3.8, 4) is 0 Å². The van der Waals surface area contributed by atoms with E-state index < -0.39 is 36.0 Å². The zero-order valence-corrected chi connectivity index (χ0v) is 16.0. The zero-order valence-electron chi connectivity index (χ0n) is 16.0. The third-order valence-electron chi connectivity index (χ3n) is 4.13. The number of hydrogen-bond acceptors (Lipinski definition) is 7. The van der Waals surface area contributed by atoms with Crippen molar-refractivity contribution < 1.29 is 29.7 Å². The SMILES string of the molecule is N[C@@H](CCC/C=C(\C=NCCCC[C@H](N)C(=O)O)CC[C@H](N)C(=O)O)C(=O)O. The van der Waals surface area contributed by atoms with E-state index in [4.69, 9.17) is 32.5 Å². The summed E-state index contributed by atoms with van der Waals surface area (Å²) in [6.07, 6.45) is 7.46. The van der Waals surface area contributed by atoms with Gasteiger partial charge in [-0.2, -0.15) is 0 Å². The Balaban J connectivity index is 4.49. The maximum Gasteiger partial charge on any atom is 0.320 e. The molecule has 9 N–H and O–H groups in total. The summed E-state index contributed by atoms with van der Waals surface area (Å²) in [5.41, 5.74) is 17.2. The molecule has 0 aromatic rings. The van der Waals surface area contributed by atoms with E-state index in [2.05, 4.69) is 4.99 Å². The summed E-state index contributed by atoms with van der Waals surface area (Å²) in [5.74, 6) is -3.13. The number of allylic oxidation sites excluding steroid dienone is 2. The first-order valence-electron chi connectivity index (χ1n) is 9.29. The van der Waals surface area contributed by atoms with Gasteiger partial charge in [-0.05, 0) is 56.9 Å². The molecule has 10 heteroatoms. The van der Waals surface area contributed by atoms with E-state index >= 15 is 0 Å². The fourth-order valence-electron chi connectivity index (χ4n) is 2.29. The molecule has 3 atom stereocenters. The van der Waals surface area contributed by atoms with Crippen LogP contribution in [0.3, 0.4) is 0 Å². The normalized spacial score (nSPS) is 15.3. The molecule has 0 bridgehead atoms. The lowest BCUT2D eigenvalue weighted by Crippen LogP contribution is -2.30. The van der Waals surface area contributed by atoms with Crippen molar-refractivity contribution >= 4 is 24.1 Å². The van der Waals surface area contributed by atoms with Gasteiger partial charge in [0.1, 0.15) is 18.1 Å². The first-order valence-corrected chi connectivity index (χ1v) is 9.29. The molecule has 0 saturated heterocycles. The van der Waals surface area contributed by atoms with Gasteiger partial charge >= 0.3 is 17.9 Å². The fraction of sp³-hybridized carbons (Fsp3) is 0.667. The van der Waals surface area contributed by atoms with Crippen molar-refractivity contribution in [2.24, 2.45) is 22.2 Å². The van der Waals surface area contributed by atoms with E-state index in [-0.39, 0.29) is 6.42 Å². The van der Waals surface area contributed by atoms with Crippen molar-refractivity contribution in [2.45, 2.75) is 69.5 Å². The number of unbranched alkanes of at least 4 members (excludes halogenated alkanes) is 2. The Morgan fingerprint density at radius 2 is 1.29 bits per heavy atom. The van der Waals surface area contributed by atoms with Gasteiger partial charge in [-0.3, -0.25) is 19.4 Å². The van der Waals surface area contributed by atoms with Gasteiger partial charge in [0.25, 0.3) is 0 Å². The molecule has 0 heterocycles. The number of carbonyl (C=O) groups is 3. The molecule has 0 unspecified atom stereocenters. The Morgan fingerprint density at radius 1 is 0.786 bits per heavy atom.